The lowest BCUT2D eigenvalue weighted by Gasteiger charge is -2.32. The van der Waals surface area contributed by atoms with E-state index in [1.54, 1.807) is 19.8 Å². The zero-order valence-corrected chi connectivity index (χ0v) is 17.4. The van der Waals surface area contributed by atoms with Crippen molar-refractivity contribution in [3.05, 3.63) is 47.5 Å². The quantitative estimate of drug-likeness (QED) is 0.545. The van der Waals surface area contributed by atoms with Crippen LogP contribution in [0.3, 0.4) is 0 Å². The molecule has 2 aromatic carbocycles. The molecule has 2 aromatic rings. The highest BCUT2D eigenvalue weighted by Crippen LogP contribution is 2.48. The highest BCUT2D eigenvalue weighted by atomic mass is 16.5. The van der Waals surface area contributed by atoms with Crippen LogP contribution in [-0.2, 0) is 0 Å². The monoisotopic (exact) mass is 377 g/mol. The molecular formula is C26H33O2. The van der Waals surface area contributed by atoms with Gasteiger partial charge in [-0.3, -0.25) is 0 Å². The predicted molar refractivity (Wildman–Crippen MR) is 115 cm³/mol. The molecule has 0 atom stereocenters. The van der Waals surface area contributed by atoms with E-state index in [1.807, 2.05) is 18.2 Å². The fraction of sp³-hybridized carbons (Fsp3) is 0.538. The first-order valence-electron chi connectivity index (χ1n) is 11.1. The Hall–Kier alpha value is -1.96. The summed E-state index contributed by atoms with van der Waals surface area (Å²) in [5, 5.41) is 0. The molecule has 0 spiro atoms. The van der Waals surface area contributed by atoms with E-state index < -0.39 is 0 Å². The minimum Gasteiger partial charge on any atom is -0.496 e. The Morgan fingerprint density at radius 2 is 1.32 bits per heavy atom. The molecule has 0 heterocycles. The number of ether oxygens (including phenoxy) is 2. The summed E-state index contributed by atoms with van der Waals surface area (Å²) in [4.78, 5) is 0. The lowest BCUT2D eigenvalue weighted by atomic mass is 9.73. The summed E-state index contributed by atoms with van der Waals surface area (Å²) in [5.41, 5.74) is 5.40. The van der Waals surface area contributed by atoms with Gasteiger partial charge in [0.2, 0.25) is 0 Å². The fourth-order valence-electron chi connectivity index (χ4n) is 5.43. The molecule has 0 aromatic heterocycles. The summed E-state index contributed by atoms with van der Waals surface area (Å²) in [6.07, 6.45) is 13.4. The molecule has 0 aliphatic heterocycles. The maximum atomic E-state index is 5.77. The van der Waals surface area contributed by atoms with Gasteiger partial charge in [-0.05, 0) is 66.8 Å². The standard InChI is InChI=1S/C26H33O2/c1-27-23-17-10-18-24(28-2)26(23)22-16-9-15-21(19-11-5-3-6-12-19)25(22)20-13-7-4-8-14-20/h9-10,15,17-20H,3-8,11-14H2,1-2H3. The van der Waals surface area contributed by atoms with E-state index in [9.17, 15) is 0 Å². The summed E-state index contributed by atoms with van der Waals surface area (Å²) in [6.45, 7) is 0. The van der Waals surface area contributed by atoms with Gasteiger partial charge in [0.1, 0.15) is 11.5 Å². The summed E-state index contributed by atoms with van der Waals surface area (Å²) in [5.74, 6) is 3.09. The Bertz CT molecular complexity index is 761. The Morgan fingerprint density at radius 1 is 0.750 bits per heavy atom. The molecule has 2 nitrogen and oxygen atoms in total. The summed E-state index contributed by atoms with van der Waals surface area (Å²) in [6, 6.07) is 14.2. The lowest BCUT2D eigenvalue weighted by Crippen LogP contribution is -2.14. The molecule has 149 valence electrons. The Balaban J connectivity index is 1.90. The van der Waals surface area contributed by atoms with Crippen molar-refractivity contribution in [3.63, 3.8) is 0 Å². The molecule has 2 saturated carbocycles. The summed E-state index contributed by atoms with van der Waals surface area (Å²) >= 11 is 0. The first-order valence-corrected chi connectivity index (χ1v) is 11.1. The first-order chi connectivity index (χ1) is 13.8. The molecular weight excluding hydrogens is 344 g/mol. The van der Waals surface area contributed by atoms with Gasteiger partial charge in [-0.25, -0.2) is 0 Å². The normalized spacial score (nSPS) is 18.8. The maximum absolute atomic E-state index is 5.77. The van der Waals surface area contributed by atoms with Crippen LogP contribution in [0.5, 0.6) is 11.5 Å². The van der Waals surface area contributed by atoms with Crippen molar-refractivity contribution < 1.29 is 9.47 Å². The van der Waals surface area contributed by atoms with Crippen LogP contribution in [0.1, 0.15) is 87.2 Å². The Labute approximate surface area is 170 Å². The summed E-state index contributed by atoms with van der Waals surface area (Å²) in [7, 11) is 3.51. The fourth-order valence-corrected chi connectivity index (χ4v) is 5.43. The van der Waals surface area contributed by atoms with Crippen molar-refractivity contribution in [1.29, 1.82) is 0 Å². The van der Waals surface area contributed by atoms with Gasteiger partial charge in [0.05, 0.1) is 19.8 Å². The van der Waals surface area contributed by atoms with Gasteiger partial charge in [0, 0.05) is 5.56 Å². The van der Waals surface area contributed by atoms with Crippen LogP contribution in [0.15, 0.2) is 30.3 Å². The van der Waals surface area contributed by atoms with Gasteiger partial charge >= 0.3 is 0 Å². The smallest absolute Gasteiger partial charge is 0.130 e. The van der Waals surface area contributed by atoms with Crippen LogP contribution >= 0.6 is 0 Å². The van der Waals surface area contributed by atoms with Crippen LogP contribution < -0.4 is 9.47 Å². The molecule has 0 saturated heterocycles. The van der Waals surface area contributed by atoms with Gasteiger partial charge in [0.15, 0.2) is 0 Å². The zero-order valence-electron chi connectivity index (χ0n) is 17.4. The first kappa shape index (κ1) is 19.4. The van der Waals surface area contributed by atoms with Crippen LogP contribution in [0, 0.1) is 6.07 Å². The van der Waals surface area contributed by atoms with Gasteiger partial charge in [0.25, 0.3) is 0 Å². The van der Waals surface area contributed by atoms with Crippen molar-refractivity contribution in [2.45, 2.75) is 76.0 Å². The molecule has 0 unspecified atom stereocenters. The minimum absolute atomic E-state index is 0.632. The van der Waals surface area contributed by atoms with Crippen molar-refractivity contribution in [1.82, 2.24) is 0 Å². The number of hydrogen-bond donors (Lipinski definition) is 0. The largest absolute Gasteiger partial charge is 0.496 e. The average Bonchev–Trinajstić information content (AvgIpc) is 2.79. The van der Waals surface area contributed by atoms with Crippen LogP contribution in [0.4, 0.5) is 0 Å². The third kappa shape index (κ3) is 3.79. The number of hydrogen-bond acceptors (Lipinski definition) is 2. The number of rotatable bonds is 5. The van der Waals surface area contributed by atoms with Crippen molar-refractivity contribution in [3.8, 4) is 22.6 Å². The van der Waals surface area contributed by atoms with E-state index in [4.69, 9.17) is 9.47 Å². The molecule has 2 aliphatic carbocycles. The van der Waals surface area contributed by atoms with E-state index in [1.165, 1.54) is 75.3 Å². The highest BCUT2D eigenvalue weighted by molar-refractivity contribution is 5.80. The lowest BCUT2D eigenvalue weighted by molar-refractivity contribution is 0.396. The van der Waals surface area contributed by atoms with Crippen LogP contribution in [0.25, 0.3) is 11.1 Å². The third-order valence-electron chi connectivity index (χ3n) is 6.81. The minimum atomic E-state index is 0.632. The topological polar surface area (TPSA) is 18.5 Å². The number of benzene rings is 2. The van der Waals surface area contributed by atoms with Gasteiger partial charge in [-0.15, -0.1) is 0 Å². The molecule has 2 aliphatic rings. The second-order valence-electron chi connectivity index (χ2n) is 8.43. The average molecular weight is 378 g/mol. The Morgan fingerprint density at radius 3 is 1.89 bits per heavy atom. The van der Waals surface area contributed by atoms with Gasteiger partial charge in [-0.2, -0.15) is 0 Å². The van der Waals surface area contributed by atoms with Gasteiger partial charge < -0.3 is 9.47 Å². The molecule has 2 heteroatoms. The maximum Gasteiger partial charge on any atom is 0.130 e. The predicted octanol–water partition coefficient (Wildman–Crippen LogP) is 7.27. The summed E-state index contributed by atoms with van der Waals surface area (Å²) < 4.78 is 11.5. The van der Waals surface area contributed by atoms with E-state index in [0.717, 1.165) is 17.1 Å². The second-order valence-corrected chi connectivity index (χ2v) is 8.43. The Kier molecular flexibility index (Phi) is 6.24. The SMILES string of the molecule is COc1cccc(OC)c1-c1[c]ccc(C2CCCCC2)c1C1CCCCC1. The van der Waals surface area contributed by atoms with Crippen molar-refractivity contribution in [2.75, 3.05) is 14.2 Å². The molecule has 28 heavy (non-hydrogen) atoms. The highest BCUT2D eigenvalue weighted by Gasteiger charge is 2.28. The third-order valence-corrected chi connectivity index (χ3v) is 6.81. The second kappa shape index (κ2) is 9.03. The van der Waals surface area contributed by atoms with Crippen molar-refractivity contribution in [2.24, 2.45) is 0 Å². The molecule has 1 radical (unpaired) electrons. The van der Waals surface area contributed by atoms with Crippen molar-refractivity contribution >= 4 is 0 Å². The molecule has 4 rings (SSSR count). The van der Waals surface area contributed by atoms with E-state index in [2.05, 4.69) is 18.2 Å². The van der Waals surface area contributed by atoms with E-state index in [-0.39, 0.29) is 0 Å². The number of methoxy groups -OCH3 is 2. The molecule has 2 fully saturated rings. The van der Waals surface area contributed by atoms with E-state index in [0.29, 0.717) is 11.8 Å². The molecule has 0 bridgehead atoms. The van der Waals surface area contributed by atoms with Crippen LogP contribution in [0.2, 0.25) is 0 Å². The molecule has 0 amide bonds. The van der Waals surface area contributed by atoms with Crippen LogP contribution in [-0.4, -0.2) is 14.2 Å². The molecule has 0 N–H and O–H groups in total. The van der Waals surface area contributed by atoms with E-state index >= 15 is 0 Å². The zero-order chi connectivity index (χ0) is 19.3. The van der Waals surface area contributed by atoms with Gasteiger partial charge in [-0.1, -0.05) is 56.7 Å².